The third-order valence-corrected chi connectivity index (χ3v) is 4.86. The van der Waals surface area contributed by atoms with Crippen LogP contribution >= 0.6 is 11.6 Å². The van der Waals surface area contributed by atoms with E-state index in [1.807, 2.05) is 6.92 Å². The minimum absolute atomic E-state index is 0.00300. The fourth-order valence-corrected chi connectivity index (χ4v) is 3.19. The number of amides is 3. The molecule has 1 heterocycles. The summed E-state index contributed by atoms with van der Waals surface area (Å²) in [6, 6.07) is 6.99. The van der Waals surface area contributed by atoms with Crippen LogP contribution in [0, 0.1) is 0 Å². The molecular formula is C21H29ClN4O3. The van der Waals surface area contributed by atoms with E-state index in [0.717, 1.165) is 23.7 Å². The van der Waals surface area contributed by atoms with E-state index in [0.29, 0.717) is 10.7 Å². The first-order valence-electron chi connectivity index (χ1n) is 10.1. The Morgan fingerprint density at radius 3 is 2.55 bits per heavy atom. The molecule has 0 saturated carbocycles. The normalized spacial score (nSPS) is 11.8. The number of hydrogen-bond donors (Lipinski definition) is 4. The van der Waals surface area contributed by atoms with Crippen molar-refractivity contribution in [3.63, 3.8) is 0 Å². The number of fused-ring (bicyclic) bond motifs is 1. The van der Waals surface area contributed by atoms with Gasteiger partial charge in [-0.3, -0.25) is 25.2 Å². The van der Waals surface area contributed by atoms with Crippen molar-refractivity contribution in [2.45, 2.75) is 64.8 Å². The molecule has 1 aromatic heterocycles. The number of hydrogen-bond acceptors (Lipinski definition) is 3. The molecule has 0 aliphatic rings. The molecule has 1 aromatic carbocycles. The molecule has 2 aromatic rings. The Bertz CT molecular complexity index is 850. The summed E-state index contributed by atoms with van der Waals surface area (Å²) >= 11 is 5.94. The number of nitrogens with one attached hydrogen (secondary N) is 4. The van der Waals surface area contributed by atoms with Gasteiger partial charge in [0.2, 0.25) is 11.8 Å². The number of rotatable bonds is 10. The number of carbonyl (C=O) groups is 3. The van der Waals surface area contributed by atoms with Crippen molar-refractivity contribution >= 4 is 40.2 Å². The first-order valence-corrected chi connectivity index (χ1v) is 10.4. The van der Waals surface area contributed by atoms with Crippen molar-refractivity contribution in [2.24, 2.45) is 0 Å². The first-order chi connectivity index (χ1) is 13.9. The van der Waals surface area contributed by atoms with E-state index in [2.05, 4.69) is 28.1 Å². The fraction of sp³-hybridized carbons (Fsp3) is 0.476. The van der Waals surface area contributed by atoms with Gasteiger partial charge in [-0.2, -0.15) is 0 Å². The largest absolute Gasteiger partial charge is 0.354 e. The first kappa shape index (κ1) is 22.7. The molecule has 2 rings (SSSR count). The zero-order chi connectivity index (χ0) is 21.2. The summed E-state index contributed by atoms with van der Waals surface area (Å²) in [6.07, 6.45) is 5.65. The second kappa shape index (κ2) is 11.5. The lowest BCUT2D eigenvalue weighted by atomic mass is 10.1. The van der Waals surface area contributed by atoms with Gasteiger partial charge < -0.3 is 10.3 Å². The number of carbonyl (C=O) groups excluding carboxylic acids is 3. The molecule has 1 unspecified atom stereocenters. The average Bonchev–Trinajstić information content (AvgIpc) is 3.11. The van der Waals surface area contributed by atoms with E-state index in [1.165, 1.54) is 19.3 Å². The maximum absolute atomic E-state index is 12.2. The number of aromatic nitrogens is 1. The molecule has 1 atom stereocenters. The number of unbranched alkanes of at least 4 members (excludes halogenated alkanes) is 3. The van der Waals surface area contributed by atoms with Crippen molar-refractivity contribution < 1.29 is 14.4 Å². The molecule has 0 radical (unpaired) electrons. The molecule has 4 N–H and O–H groups in total. The van der Waals surface area contributed by atoms with Crippen LogP contribution in [0.25, 0.3) is 10.9 Å². The van der Waals surface area contributed by atoms with E-state index in [-0.39, 0.29) is 24.8 Å². The summed E-state index contributed by atoms with van der Waals surface area (Å²) in [7, 11) is 0. The molecule has 158 valence electrons. The Balaban J connectivity index is 1.68. The Hall–Kier alpha value is -2.54. The second-order valence-electron chi connectivity index (χ2n) is 7.23. The molecule has 3 amide bonds. The molecular weight excluding hydrogens is 392 g/mol. The standard InChI is InChI=1S/C21H29ClN4O3/c1-3-4-5-6-7-14(2)23-19(27)10-11-20(28)25-26-21(29)18-13-15-12-16(22)8-9-17(15)24-18/h8-9,12-14,24H,3-7,10-11H2,1-2H3,(H,23,27)(H,25,28)(H,26,29). The van der Waals surface area contributed by atoms with Crippen LogP contribution < -0.4 is 16.2 Å². The summed E-state index contributed by atoms with van der Waals surface area (Å²) in [5.41, 5.74) is 5.75. The van der Waals surface area contributed by atoms with Gasteiger partial charge >= 0.3 is 0 Å². The molecule has 0 aliphatic carbocycles. The van der Waals surface area contributed by atoms with Crippen molar-refractivity contribution in [1.29, 1.82) is 0 Å². The molecule has 0 bridgehead atoms. The Morgan fingerprint density at radius 2 is 1.79 bits per heavy atom. The lowest BCUT2D eigenvalue weighted by molar-refractivity contribution is -0.127. The Kier molecular flexibility index (Phi) is 8.99. The maximum Gasteiger partial charge on any atom is 0.286 e. The molecule has 0 saturated heterocycles. The highest BCUT2D eigenvalue weighted by Crippen LogP contribution is 2.19. The minimum Gasteiger partial charge on any atom is -0.354 e. The van der Waals surface area contributed by atoms with Gasteiger partial charge in [0, 0.05) is 34.8 Å². The van der Waals surface area contributed by atoms with Crippen LogP contribution in [0.5, 0.6) is 0 Å². The lowest BCUT2D eigenvalue weighted by Crippen LogP contribution is -2.42. The number of halogens is 1. The third-order valence-electron chi connectivity index (χ3n) is 4.62. The van der Waals surface area contributed by atoms with Gasteiger partial charge in [0.05, 0.1) is 0 Å². The molecule has 0 aliphatic heterocycles. The lowest BCUT2D eigenvalue weighted by Gasteiger charge is -2.13. The van der Waals surface area contributed by atoms with Gasteiger partial charge in [0.15, 0.2) is 0 Å². The highest BCUT2D eigenvalue weighted by molar-refractivity contribution is 6.31. The number of benzene rings is 1. The van der Waals surface area contributed by atoms with Crippen LogP contribution in [0.15, 0.2) is 24.3 Å². The Labute approximate surface area is 175 Å². The van der Waals surface area contributed by atoms with E-state index < -0.39 is 11.8 Å². The maximum atomic E-state index is 12.2. The predicted molar refractivity (Wildman–Crippen MR) is 115 cm³/mol. The number of H-pyrrole nitrogens is 1. The van der Waals surface area contributed by atoms with Crippen LogP contribution in [-0.2, 0) is 9.59 Å². The fourth-order valence-electron chi connectivity index (χ4n) is 3.01. The van der Waals surface area contributed by atoms with E-state index >= 15 is 0 Å². The van der Waals surface area contributed by atoms with Gasteiger partial charge in [-0.05, 0) is 37.6 Å². The van der Waals surface area contributed by atoms with Gasteiger partial charge in [-0.1, -0.05) is 44.2 Å². The van der Waals surface area contributed by atoms with Gasteiger partial charge in [0.25, 0.3) is 5.91 Å². The summed E-state index contributed by atoms with van der Waals surface area (Å²) < 4.78 is 0. The average molecular weight is 421 g/mol. The summed E-state index contributed by atoms with van der Waals surface area (Å²) in [6.45, 7) is 4.13. The smallest absolute Gasteiger partial charge is 0.286 e. The zero-order valence-corrected chi connectivity index (χ0v) is 17.7. The summed E-state index contributed by atoms with van der Waals surface area (Å²) in [4.78, 5) is 39.0. The topological polar surface area (TPSA) is 103 Å². The quantitative estimate of drug-likeness (QED) is 0.347. The van der Waals surface area contributed by atoms with Crippen molar-refractivity contribution in [3.8, 4) is 0 Å². The van der Waals surface area contributed by atoms with Crippen molar-refractivity contribution in [1.82, 2.24) is 21.2 Å². The molecule has 0 fully saturated rings. The molecule has 8 heteroatoms. The van der Waals surface area contributed by atoms with Crippen LogP contribution in [0.2, 0.25) is 5.02 Å². The van der Waals surface area contributed by atoms with Crippen LogP contribution in [0.4, 0.5) is 0 Å². The highest BCUT2D eigenvalue weighted by Gasteiger charge is 2.13. The summed E-state index contributed by atoms with van der Waals surface area (Å²) in [5.74, 6) is -1.07. The van der Waals surface area contributed by atoms with Gasteiger partial charge in [-0.15, -0.1) is 0 Å². The van der Waals surface area contributed by atoms with Crippen LogP contribution in [-0.4, -0.2) is 28.7 Å². The number of hydrazine groups is 1. The van der Waals surface area contributed by atoms with E-state index in [9.17, 15) is 14.4 Å². The molecule has 0 spiro atoms. The van der Waals surface area contributed by atoms with Crippen LogP contribution in [0.3, 0.4) is 0 Å². The summed E-state index contributed by atoms with van der Waals surface area (Å²) in [5, 5.41) is 4.28. The molecule has 7 nitrogen and oxygen atoms in total. The van der Waals surface area contributed by atoms with E-state index in [1.54, 1.807) is 24.3 Å². The van der Waals surface area contributed by atoms with Gasteiger partial charge in [0.1, 0.15) is 5.69 Å². The number of aromatic amines is 1. The van der Waals surface area contributed by atoms with E-state index in [4.69, 9.17) is 11.6 Å². The van der Waals surface area contributed by atoms with Crippen LogP contribution in [0.1, 0.15) is 69.3 Å². The predicted octanol–water partition coefficient (Wildman–Crippen LogP) is 3.84. The SMILES string of the molecule is CCCCCCC(C)NC(=O)CCC(=O)NNC(=O)c1cc2cc(Cl)ccc2[nH]1. The monoisotopic (exact) mass is 420 g/mol. The second-order valence-corrected chi connectivity index (χ2v) is 7.67. The van der Waals surface area contributed by atoms with Gasteiger partial charge in [-0.25, -0.2) is 0 Å². The highest BCUT2D eigenvalue weighted by atomic mass is 35.5. The minimum atomic E-state index is -0.476. The van der Waals surface area contributed by atoms with Crippen molar-refractivity contribution in [2.75, 3.05) is 0 Å². The Morgan fingerprint density at radius 1 is 1.03 bits per heavy atom. The zero-order valence-electron chi connectivity index (χ0n) is 16.9. The third kappa shape index (κ3) is 7.77. The molecule has 29 heavy (non-hydrogen) atoms. The van der Waals surface area contributed by atoms with Crippen molar-refractivity contribution in [3.05, 3.63) is 35.0 Å².